The average molecular weight is 273 g/mol. The molecule has 0 fully saturated rings. The van der Waals surface area contributed by atoms with Crippen LogP contribution in [0, 0.1) is 17.2 Å². The minimum atomic E-state index is -0.559. The number of halogens is 1. The van der Waals surface area contributed by atoms with E-state index < -0.39 is 5.92 Å². The van der Waals surface area contributed by atoms with E-state index in [0.29, 0.717) is 6.42 Å². The Morgan fingerprint density at radius 3 is 2.93 bits per heavy atom. The van der Waals surface area contributed by atoms with Gasteiger partial charge in [-0.15, -0.1) is 11.3 Å². The highest BCUT2D eigenvalue weighted by atomic mass is 79.9. The van der Waals surface area contributed by atoms with Crippen molar-refractivity contribution < 1.29 is 4.79 Å². The van der Waals surface area contributed by atoms with E-state index >= 15 is 0 Å². The Bertz CT molecular complexity index is 369. The zero-order chi connectivity index (χ0) is 10.6. The molecule has 1 N–H and O–H groups in total. The topological polar surface area (TPSA) is 52.9 Å². The normalized spacial score (nSPS) is 11.8. The molecule has 0 spiro atoms. The lowest BCUT2D eigenvalue weighted by Crippen LogP contribution is -2.20. The lowest BCUT2D eigenvalue weighted by atomic mass is 10.1. The zero-order valence-electron chi connectivity index (χ0n) is 7.58. The molecule has 1 unspecified atom stereocenters. The van der Waals surface area contributed by atoms with Gasteiger partial charge in [0.1, 0.15) is 5.92 Å². The molecule has 0 saturated heterocycles. The first kappa shape index (κ1) is 11.2. The van der Waals surface area contributed by atoms with Crippen LogP contribution >= 0.6 is 27.3 Å². The minimum absolute atomic E-state index is 0.232. The summed E-state index contributed by atoms with van der Waals surface area (Å²) in [5.41, 5.74) is 0. The minimum Gasteiger partial charge on any atom is -0.317 e. The number of thiophene rings is 1. The van der Waals surface area contributed by atoms with Crippen LogP contribution in [0.5, 0.6) is 0 Å². The number of carbonyl (C=O) groups is 1. The Labute approximate surface area is 94.9 Å². The Morgan fingerprint density at radius 1 is 1.79 bits per heavy atom. The summed E-state index contributed by atoms with van der Waals surface area (Å²) in [7, 11) is 0. The van der Waals surface area contributed by atoms with Crippen molar-refractivity contribution in [3.05, 3.63) is 15.9 Å². The first-order valence-corrected chi connectivity index (χ1v) is 5.74. The van der Waals surface area contributed by atoms with Crippen molar-refractivity contribution in [2.75, 3.05) is 5.32 Å². The van der Waals surface area contributed by atoms with Gasteiger partial charge >= 0.3 is 0 Å². The van der Waals surface area contributed by atoms with Crippen LogP contribution < -0.4 is 5.32 Å². The molecule has 0 bridgehead atoms. The molecule has 0 aliphatic heterocycles. The Morgan fingerprint density at radius 2 is 2.50 bits per heavy atom. The number of hydrogen-bond acceptors (Lipinski definition) is 3. The van der Waals surface area contributed by atoms with Gasteiger partial charge in [0, 0.05) is 0 Å². The van der Waals surface area contributed by atoms with E-state index in [1.54, 1.807) is 6.07 Å². The second-order valence-electron chi connectivity index (χ2n) is 2.68. The van der Waals surface area contributed by atoms with Gasteiger partial charge in [0.2, 0.25) is 5.91 Å². The Balaban J connectivity index is 2.62. The molecule has 0 aliphatic rings. The second kappa shape index (κ2) is 5.13. The van der Waals surface area contributed by atoms with Crippen LogP contribution in [0.4, 0.5) is 5.00 Å². The van der Waals surface area contributed by atoms with Crippen LogP contribution in [0.1, 0.15) is 13.3 Å². The molecular formula is C9H9BrN2OS. The van der Waals surface area contributed by atoms with Crippen molar-refractivity contribution in [1.29, 1.82) is 5.26 Å². The van der Waals surface area contributed by atoms with E-state index in [1.807, 2.05) is 19.1 Å². The van der Waals surface area contributed by atoms with Crippen molar-refractivity contribution in [2.24, 2.45) is 5.92 Å². The predicted molar refractivity (Wildman–Crippen MR) is 60.0 cm³/mol. The first-order valence-electron chi connectivity index (χ1n) is 4.13. The van der Waals surface area contributed by atoms with E-state index in [4.69, 9.17) is 5.26 Å². The number of nitriles is 1. The fraction of sp³-hybridized carbons (Fsp3) is 0.333. The standard InChI is InChI=1S/C9H9BrN2OS/c1-2-6(5-11)9(13)12-8-4-3-7(10)14-8/h3-4,6H,2H2,1H3,(H,12,13). The van der Waals surface area contributed by atoms with E-state index in [1.165, 1.54) is 11.3 Å². The van der Waals surface area contributed by atoms with Crippen molar-refractivity contribution in [2.45, 2.75) is 13.3 Å². The third kappa shape index (κ3) is 2.82. The lowest BCUT2D eigenvalue weighted by Gasteiger charge is -2.05. The van der Waals surface area contributed by atoms with Crippen molar-refractivity contribution in [1.82, 2.24) is 0 Å². The van der Waals surface area contributed by atoms with Gasteiger partial charge in [-0.3, -0.25) is 4.79 Å². The molecule has 0 aliphatic carbocycles. The fourth-order valence-electron chi connectivity index (χ4n) is 0.925. The highest BCUT2D eigenvalue weighted by Gasteiger charge is 2.15. The maximum Gasteiger partial charge on any atom is 0.242 e. The highest BCUT2D eigenvalue weighted by Crippen LogP contribution is 2.26. The van der Waals surface area contributed by atoms with Crippen LogP contribution in [0.2, 0.25) is 0 Å². The number of nitrogens with one attached hydrogen (secondary N) is 1. The van der Waals surface area contributed by atoms with Gasteiger partial charge in [-0.1, -0.05) is 6.92 Å². The Kier molecular flexibility index (Phi) is 4.11. The Hall–Kier alpha value is -0.860. The van der Waals surface area contributed by atoms with Gasteiger partial charge in [-0.05, 0) is 34.5 Å². The summed E-state index contributed by atoms with van der Waals surface area (Å²) >= 11 is 4.73. The molecule has 1 rings (SSSR count). The summed E-state index contributed by atoms with van der Waals surface area (Å²) in [5.74, 6) is -0.791. The lowest BCUT2D eigenvalue weighted by molar-refractivity contribution is -0.118. The van der Waals surface area contributed by atoms with Crippen LogP contribution in [0.15, 0.2) is 15.9 Å². The van der Waals surface area contributed by atoms with Gasteiger partial charge in [0.15, 0.2) is 0 Å². The molecule has 0 radical (unpaired) electrons. The SMILES string of the molecule is CCC(C#N)C(=O)Nc1ccc(Br)s1. The van der Waals surface area contributed by atoms with Crippen LogP contribution in [-0.4, -0.2) is 5.91 Å². The summed E-state index contributed by atoms with van der Waals surface area (Å²) < 4.78 is 0.956. The van der Waals surface area contributed by atoms with Gasteiger partial charge in [0.05, 0.1) is 14.9 Å². The van der Waals surface area contributed by atoms with Crippen molar-refractivity contribution in [3.63, 3.8) is 0 Å². The largest absolute Gasteiger partial charge is 0.317 e. The quantitative estimate of drug-likeness (QED) is 0.920. The van der Waals surface area contributed by atoms with Crippen molar-refractivity contribution >= 4 is 38.2 Å². The zero-order valence-corrected chi connectivity index (χ0v) is 9.98. The molecule has 5 heteroatoms. The summed E-state index contributed by atoms with van der Waals surface area (Å²) in [4.78, 5) is 11.4. The van der Waals surface area contributed by atoms with Crippen LogP contribution in [-0.2, 0) is 4.79 Å². The molecule has 1 atom stereocenters. The monoisotopic (exact) mass is 272 g/mol. The number of anilines is 1. The molecular weight excluding hydrogens is 264 g/mol. The first-order chi connectivity index (χ1) is 6.67. The van der Waals surface area contributed by atoms with E-state index in [2.05, 4.69) is 21.2 Å². The van der Waals surface area contributed by atoms with E-state index in [0.717, 1.165) is 8.79 Å². The fourth-order valence-corrected chi connectivity index (χ4v) is 2.21. The molecule has 3 nitrogen and oxygen atoms in total. The molecule has 0 aromatic carbocycles. The number of rotatable bonds is 3. The van der Waals surface area contributed by atoms with Crippen LogP contribution in [0.3, 0.4) is 0 Å². The molecule has 74 valence electrons. The van der Waals surface area contributed by atoms with Gasteiger partial charge in [0.25, 0.3) is 0 Å². The third-order valence-electron chi connectivity index (χ3n) is 1.70. The molecule has 1 heterocycles. The highest BCUT2D eigenvalue weighted by molar-refractivity contribution is 9.11. The average Bonchev–Trinajstić information content (AvgIpc) is 2.53. The smallest absolute Gasteiger partial charge is 0.242 e. The molecule has 1 aromatic rings. The van der Waals surface area contributed by atoms with Gasteiger partial charge < -0.3 is 5.32 Å². The third-order valence-corrected chi connectivity index (χ3v) is 3.24. The molecule has 1 aromatic heterocycles. The molecule has 0 saturated carbocycles. The summed E-state index contributed by atoms with van der Waals surface area (Å²) in [6.45, 7) is 1.82. The van der Waals surface area contributed by atoms with Gasteiger partial charge in [-0.25, -0.2) is 0 Å². The number of hydrogen-bond donors (Lipinski definition) is 1. The van der Waals surface area contributed by atoms with E-state index in [9.17, 15) is 4.79 Å². The predicted octanol–water partition coefficient (Wildman–Crippen LogP) is 3.00. The van der Waals surface area contributed by atoms with Gasteiger partial charge in [-0.2, -0.15) is 5.26 Å². The van der Waals surface area contributed by atoms with E-state index in [-0.39, 0.29) is 5.91 Å². The maximum absolute atomic E-state index is 11.4. The molecule has 1 amide bonds. The number of amides is 1. The summed E-state index contributed by atoms with van der Waals surface area (Å²) in [6.07, 6.45) is 0.537. The summed E-state index contributed by atoms with van der Waals surface area (Å²) in [6, 6.07) is 5.62. The maximum atomic E-state index is 11.4. The summed E-state index contributed by atoms with van der Waals surface area (Å²) in [5, 5.41) is 12.1. The second-order valence-corrected chi connectivity index (χ2v) is 5.15. The number of nitrogens with zero attached hydrogens (tertiary/aromatic N) is 1. The number of carbonyl (C=O) groups excluding carboxylic acids is 1. The van der Waals surface area contributed by atoms with Crippen molar-refractivity contribution in [3.8, 4) is 6.07 Å². The molecule has 14 heavy (non-hydrogen) atoms. The van der Waals surface area contributed by atoms with Crippen LogP contribution in [0.25, 0.3) is 0 Å².